The first-order chi connectivity index (χ1) is 11.6. The largest absolute Gasteiger partial charge is 0.382 e. The molecule has 0 saturated carbocycles. The molecule has 4 heterocycles. The SMILES string of the molecule is CCn1cc(-c2cc(N3CCCC3)n(C)n2)c2[nH]nc(N)c2c1=O. The number of anilines is 2. The molecule has 0 aromatic carbocycles. The molecule has 1 aliphatic rings. The van der Waals surface area contributed by atoms with Gasteiger partial charge in [0.05, 0.1) is 11.2 Å². The molecule has 8 heteroatoms. The number of aromatic amines is 1. The average molecular weight is 327 g/mol. The van der Waals surface area contributed by atoms with Gasteiger partial charge in [0.2, 0.25) is 0 Å². The monoisotopic (exact) mass is 327 g/mol. The van der Waals surface area contributed by atoms with Crippen molar-refractivity contribution in [3.63, 3.8) is 0 Å². The van der Waals surface area contributed by atoms with Crippen molar-refractivity contribution in [1.29, 1.82) is 0 Å². The molecule has 8 nitrogen and oxygen atoms in total. The number of hydrogen-bond donors (Lipinski definition) is 2. The molecule has 0 radical (unpaired) electrons. The van der Waals surface area contributed by atoms with E-state index in [2.05, 4.69) is 26.3 Å². The van der Waals surface area contributed by atoms with E-state index in [1.807, 2.05) is 24.9 Å². The molecule has 4 rings (SSSR count). The second kappa shape index (κ2) is 5.40. The second-order valence-electron chi connectivity index (χ2n) is 6.20. The summed E-state index contributed by atoms with van der Waals surface area (Å²) in [6.45, 7) is 4.61. The van der Waals surface area contributed by atoms with Gasteiger partial charge >= 0.3 is 0 Å². The molecule has 0 unspecified atom stereocenters. The van der Waals surface area contributed by atoms with E-state index < -0.39 is 0 Å². The molecule has 3 aromatic heterocycles. The summed E-state index contributed by atoms with van der Waals surface area (Å²) in [6, 6.07) is 2.07. The molecule has 3 aromatic rings. The lowest BCUT2D eigenvalue weighted by Gasteiger charge is -2.16. The van der Waals surface area contributed by atoms with Crippen LogP contribution in [0.15, 0.2) is 17.1 Å². The number of nitrogen functional groups attached to an aromatic ring is 1. The zero-order valence-corrected chi connectivity index (χ0v) is 13.9. The van der Waals surface area contributed by atoms with Crippen LogP contribution in [0.1, 0.15) is 19.8 Å². The predicted octanol–water partition coefficient (Wildman–Crippen LogP) is 1.33. The van der Waals surface area contributed by atoms with Gasteiger partial charge < -0.3 is 15.2 Å². The van der Waals surface area contributed by atoms with Crippen molar-refractivity contribution in [3.8, 4) is 11.3 Å². The van der Waals surface area contributed by atoms with E-state index in [4.69, 9.17) is 5.73 Å². The van der Waals surface area contributed by atoms with E-state index in [-0.39, 0.29) is 11.4 Å². The van der Waals surface area contributed by atoms with Gasteiger partial charge in [-0.25, -0.2) is 0 Å². The third-order valence-electron chi connectivity index (χ3n) is 4.73. The Morgan fingerprint density at radius 2 is 2.08 bits per heavy atom. The van der Waals surface area contributed by atoms with Gasteiger partial charge in [-0.3, -0.25) is 14.6 Å². The van der Waals surface area contributed by atoms with Crippen molar-refractivity contribution >= 4 is 22.5 Å². The molecular formula is C16H21N7O. The van der Waals surface area contributed by atoms with Crippen LogP contribution in [0.3, 0.4) is 0 Å². The molecule has 1 aliphatic heterocycles. The highest BCUT2D eigenvalue weighted by atomic mass is 16.1. The van der Waals surface area contributed by atoms with E-state index in [0.29, 0.717) is 17.4 Å². The lowest BCUT2D eigenvalue weighted by atomic mass is 10.1. The number of nitrogens with zero attached hydrogens (tertiary/aromatic N) is 5. The molecule has 0 spiro atoms. The lowest BCUT2D eigenvalue weighted by molar-refractivity contribution is 0.731. The number of rotatable bonds is 3. The fourth-order valence-electron chi connectivity index (χ4n) is 3.45. The summed E-state index contributed by atoms with van der Waals surface area (Å²) >= 11 is 0. The normalized spacial score (nSPS) is 14.8. The third kappa shape index (κ3) is 2.10. The molecule has 126 valence electrons. The van der Waals surface area contributed by atoms with E-state index in [9.17, 15) is 4.79 Å². The van der Waals surface area contributed by atoms with Gasteiger partial charge in [-0.1, -0.05) is 0 Å². The van der Waals surface area contributed by atoms with Gasteiger partial charge in [0.25, 0.3) is 5.56 Å². The van der Waals surface area contributed by atoms with Crippen LogP contribution >= 0.6 is 0 Å². The quantitative estimate of drug-likeness (QED) is 0.756. The van der Waals surface area contributed by atoms with Crippen LogP contribution < -0.4 is 16.2 Å². The summed E-state index contributed by atoms with van der Waals surface area (Å²) in [6.07, 6.45) is 4.25. The summed E-state index contributed by atoms with van der Waals surface area (Å²) in [4.78, 5) is 14.8. The first-order valence-corrected chi connectivity index (χ1v) is 8.26. The molecular weight excluding hydrogens is 306 g/mol. The molecule has 0 aliphatic carbocycles. The van der Waals surface area contributed by atoms with Crippen molar-refractivity contribution in [1.82, 2.24) is 24.5 Å². The van der Waals surface area contributed by atoms with Gasteiger partial charge in [0.15, 0.2) is 5.82 Å². The van der Waals surface area contributed by atoms with Crippen LogP contribution in [0, 0.1) is 0 Å². The van der Waals surface area contributed by atoms with E-state index in [0.717, 1.165) is 30.2 Å². The van der Waals surface area contributed by atoms with Gasteiger partial charge in [0, 0.05) is 44.5 Å². The Hall–Kier alpha value is -2.77. The standard InChI is InChI=1S/C16H21N7O/c1-3-22-9-10(14-13(16(22)24)15(17)19-18-14)11-8-12(21(2)20-11)23-6-4-5-7-23/h8-9H,3-7H2,1-2H3,(H3,17,18,19). The first-order valence-electron chi connectivity index (χ1n) is 8.26. The van der Waals surface area contributed by atoms with Crippen molar-refractivity contribution in [3.05, 3.63) is 22.6 Å². The highest BCUT2D eigenvalue weighted by Crippen LogP contribution is 2.30. The zero-order valence-electron chi connectivity index (χ0n) is 13.9. The topological polar surface area (TPSA) is 97.8 Å². The predicted molar refractivity (Wildman–Crippen MR) is 94.1 cm³/mol. The summed E-state index contributed by atoms with van der Waals surface area (Å²) in [7, 11) is 1.95. The number of nitrogens with one attached hydrogen (secondary N) is 1. The molecule has 1 fully saturated rings. The molecule has 1 saturated heterocycles. The summed E-state index contributed by atoms with van der Waals surface area (Å²) in [5, 5.41) is 12.0. The van der Waals surface area contributed by atoms with E-state index in [1.54, 1.807) is 4.57 Å². The van der Waals surface area contributed by atoms with E-state index in [1.165, 1.54) is 12.8 Å². The number of H-pyrrole nitrogens is 1. The number of aromatic nitrogens is 5. The van der Waals surface area contributed by atoms with Gasteiger partial charge in [-0.15, -0.1) is 0 Å². The van der Waals surface area contributed by atoms with Gasteiger partial charge in [-0.05, 0) is 19.8 Å². The fourth-order valence-corrected chi connectivity index (χ4v) is 3.45. The maximum absolute atomic E-state index is 12.5. The van der Waals surface area contributed by atoms with Crippen LogP contribution in [0.25, 0.3) is 22.2 Å². The Kier molecular flexibility index (Phi) is 3.33. The number of aryl methyl sites for hydroxylation is 2. The Labute approximate surface area is 138 Å². The minimum absolute atomic E-state index is 0.127. The molecule has 3 N–H and O–H groups in total. The lowest BCUT2D eigenvalue weighted by Crippen LogP contribution is -2.20. The third-order valence-corrected chi connectivity index (χ3v) is 4.73. The summed E-state index contributed by atoms with van der Waals surface area (Å²) in [5.74, 6) is 1.33. The number of fused-ring (bicyclic) bond motifs is 1. The number of pyridine rings is 1. The second-order valence-corrected chi connectivity index (χ2v) is 6.20. The van der Waals surface area contributed by atoms with Crippen LogP contribution in [0.2, 0.25) is 0 Å². The molecule has 24 heavy (non-hydrogen) atoms. The number of hydrogen-bond acceptors (Lipinski definition) is 5. The zero-order chi connectivity index (χ0) is 16.8. The van der Waals surface area contributed by atoms with Crippen molar-refractivity contribution in [2.75, 3.05) is 23.7 Å². The Morgan fingerprint density at radius 3 is 2.79 bits per heavy atom. The summed E-state index contributed by atoms with van der Waals surface area (Å²) < 4.78 is 3.54. The van der Waals surface area contributed by atoms with Crippen LogP contribution in [-0.2, 0) is 13.6 Å². The Bertz CT molecular complexity index is 959. The highest BCUT2D eigenvalue weighted by molar-refractivity contribution is 5.97. The highest BCUT2D eigenvalue weighted by Gasteiger charge is 2.21. The smallest absolute Gasteiger partial charge is 0.263 e. The van der Waals surface area contributed by atoms with Crippen molar-refractivity contribution in [2.24, 2.45) is 7.05 Å². The first kappa shape index (κ1) is 14.8. The van der Waals surface area contributed by atoms with Crippen LogP contribution in [0.5, 0.6) is 0 Å². The van der Waals surface area contributed by atoms with Crippen molar-refractivity contribution < 1.29 is 0 Å². The fraction of sp³-hybridized carbons (Fsp3) is 0.438. The minimum atomic E-state index is -0.127. The molecule has 0 bridgehead atoms. The van der Waals surface area contributed by atoms with Crippen LogP contribution in [-0.4, -0.2) is 37.6 Å². The van der Waals surface area contributed by atoms with E-state index >= 15 is 0 Å². The maximum atomic E-state index is 12.5. The molecule has 0 amide bonds. The number of nitrogens with two attached hydrogens (primary N) is 1. The Morgan fingerprint density at radius 1 is 1.33 bits per heavy atom. The summed E-state index contributed by atoms with van der Waals surface area (Å²) in [5.41, 5.74) is 8.07. The van der Waals surface area contributed by atoms with Gasteiger partial charge in [0.1, 0.15) is 11.2 Å². The maximum Gasteiger partial charge on any atom is 0.263 e. The molecule has 0 atom stereocenters. The van der Waals surface area contributed by atoms with Crippen molar-refractivity contribution in [2.45, 2.75) is 26.3 Å². The average Bonchev–Trinajstić information content (AvgIpc) is 3.28. The Balaban J connectivity index is 1.92. The van der Waals surface area contributed by atoms with Crippen LogP contribution in [0.4, 0.5) is 11.6 Å². The minimum Gasteiger partial charge on any atom is -0.382 e. The van der Waals surface area contributed by atoms with Gasteiger partial charge in [-0.2, -0.15) is 10.2 Å².